The summed E-state index contributed by atoms with van der Waals surface area (Å²) >= 11 is 6.37. The first-order valence-corrected chi connectivity index (χ1v) is 11.8. The summed E-state index contributed by atoms with van der Waals surface area (Å²) in [4.78, 5) is 45.6. The van der Waals surface area contributed by atoms with E-state index in [1.165, 1.54) is 15.9 Å². The van der Waals surface area contributed by atoms with Crippen molar-refractivity contribution in [3.05, 3.63) is 76.2 Å². The Morgan fingerprint density at radius 2 is 1.74 bits per heavy atom. The van der Waals surface area contributed by atoms with Gasteiger partial charge in [0.05, 0.1) is 29.5 Å². The van der Waals surface area contributed by atoms with Crippen LogP contribution in [-0.2, 0) is 9.59 Å². The first-order valence-electron chi connectivity index (χ1n) is 11.4. The second-order valence-corrected chi connectivity index (χ2v) is 9.21. The fourth-order valence-corrected chi connectivity index (χ4v) is 5.11. The van der Waals surface area contributed by atoms with Crippen LogP contribution < -0.4 is 10.2 Å². The van der Waals surface area contributed by atoms with Crippen LogP contribution in [0.4, 0.5) is 14.9 Å². The van der Waals surface area contributed by atoms with Crippen LogP contribution in [0.1, 0.15) is 11.6 Å². The number of anilines is 1. The molecule has 1 N–H and O–H groups in total. The van der Waals surface area contributed by atoms with Gasteiger partial charge in [0.25, 0.3) is 5.91 Å². The summed E-state index contributed by atoms with van der Waals surface area (Å²) in [5.74, 6) is -0.760. The fourth-order valence-electron chi connectivity index (χ4n) is 4.86. The first-order chi connectivity index (χ1) is 16.8. The summed E-state index contributed by atoms with van der Waals surface area (Å²) in [5.41, 5.74) is 2.16. The first kappa shape index (κ1) is 23.2. The lowest BCUT2D eigenvalue weighted by Crippen LogP contribution is -2.51. The molecule has 0 unspecified atom stereocenters. The van der Waals surface area contributed by atoms with Gasteiger partial charge in [0.1, 0.15) is 12.4 Å². The third-order valence-corrected chi connectivity index (χ3v) is 7.15. The number of halogens is 2. The molecule has 35 heavy (non-hydrogen) atoms. The molecule has 4 amide bonds. The van der Waals surface area contributed by atoms with E-state index in [1.807, 2.05) is 4.90 Å². The molecule has 0 spiro atoms. The van der Waals surface area contributed by atoms with Crippen LogP contribution >= 0.6 is 11.6 Å². The number of amides is 4. The SMILES string of the molecule is CN1C(=O)N[C@H](c2ccccc2Cl)C2=C1CN(CC(=O)N1CCN(c3ccccc3F)CC1)C2=O. The number of piperazine rings is 1. The monoisotopic (exact) mass is 497 g/mol. The number of nitrogens with zero attached hydrogens (tertiary/aromatic N) is 4. The second kappa shape index (κ2) is 9.22. The van der Waals surface area contributed by atoms with Gasteiger partial charge in [-0.3, -0.25) is 14.5 Å². The quantitative estimate of drug-likeness (QED) is 0.704. The summed E-state index contributed by atoms with van der Waals surface area (Å²) in [6.07, 6.45) is 0. The molecule has 5 rings (SSSR count). The van der Waals surface area contributed by atoms with E-state index >= 15 is 0 Å². The second-order valence-electron chi connectivity index (χ2n) is 8.80. The summed E-state index contributed by atoms with van der Waals surface area (Å²) < 4.78 is 14.1. The maximum Gasteiger partial charge on any atom is 0.322 e. The van der Waals surface area contributed by atoms with E-state index in [0.717, 1.165) is 0 Å². The standard InChI is InChI=1S/C25H25ClFN5O3/c1-29-20-14-32(24(34)22(20)23(28-25(29)35)16-6-2-3-7-17(16)26)15-21(33)31-12-10-30(11-13-31)19-9-5-4-8-18(19)27/h2-9,23H,10-15H2,1H3,(H,28,35)/t23-/m1/s1. The van der Waals surface area contributed by atoms with E-state index in [0.29, 0.717) is 53.7 Å². The van der Waals surface area contributed by atoms with Crippen molar-refractivity contribution in [1.82, 2.24) is 20.0 Å². The number of rotatable bonds is 4. The van der Waals surface area contributed by atoms with Gasteiger partial charge in [-0.2, -0.15) is 0 Å². The molecule has 1 atom stereocenters. The van der Waals surface area contributed by atoms with Gasteiger partial charge < -0.3 is 20.0 Å². The average molecular weight is 498 g/mol. The zero-order valence-electron chi connectivity index (χ0n) is 19.2. The lowest BCUT2D eigenvalue weighted by atomic mass is 9.96. The molecule has 2 aromatic carbocycles. The summed E-state index contributed by atoms with van der Waals surface area (Å²) in [5, 5.41) is 3.30. The molecule has 0 radical (unpaired) electrons. The minimum Gasteiger partial charge on any atom is -0.366 e. The van der Waals surface area contributed by atoms with E-state index in [4.69, 9.17) is 11.6 Å². The zero-order chi connectivity index (χ0) is 24.7. The van der Waals surface area contributed by atoms with Crippen LogP contribution in [0.15, 0.2) is 59.8 Å². The van der Waals surface area contributed by atoms with Crippen molar-refractivity contribution in [3.63, 3.8) is 0 Å². The van der Waals surface area contributed by atoms with E-state index in [9.17, 15) is 18.8 Å². The van der Waals surface area contributed by atoms with Crippen molar-refractivity contribution in [3.8, 4) is 0 Å². The Labute approximate surface area is 207 Å². The molecule has 8 nitrogen and oxygen atoms in total. The van der Waals surface area contributed by atoms with Crippen LogP contribution in [0.3, 0.4) is 0 Å². The van der Waals surface area contributed by atoms with Gasteiger partial charge in [0.15, 0.2) is 0 Å². The number of carbonyl (C=O) groups excluding carboxylic acids is 3. The van der Waals surface area contributed by atoms with Crippen molar-refractivity contribution in [1.29, 1.82) is 0 Å². The predicted molar refractivity (Wildman–Crippen MR) is 129 cm³/mol. The fraction of sp³-hybridized carbons (Fsp3) is 0.320. The molecule has 182 valence electrons. The van der Waals surface area contributed by atoms with E-state index in [2.05, 4.69) is 5.32 Å². The molecule has 0 aromatic heterocycles. The molecule has 1 fully saturated rings. The molecule has 3 aliphatic heterocycles. The van der Waals surface area contributed by atoms with Crippen molar-refractivity contribution in [2.24, 2.45) is 0 Å². The van der Waals surface area contributed by atoms with Gasteiger partial charge in [-0.1, -0.05) is 41.9 Å². The van der Waals surface area contributed by atoms with Crippen molar-refractivity contribution in [2.75, 3.05) is 51.2 Å². The Balaban J connectivity index is 1.28. The van der Waals surface area contributed by atoms with E-state index < -0.39 is 6.04 Å². The van der Waals surface area contributed by atoms with Crippen LogP contribution in [-0.4, -0.2) is 78.9 Å². The lowest BCUT2D eigenvalue weighted by molar-refractivity contribution is -0.137. The van der Waals surface area contributed by atoms with Gasteiger partial charge in [-0.05, 0) is 23.8 Å². The largest absolute Gasteiger partial charge is 0.366 e. The number of likely N-dealkylation sites (N-methyl/N-ethyl adjacent to an activating group) is 1. The highest BCUT2D eigenvalue weighted by Gasteiger charge is 2.44. The van der Waals surface area contributed by atoms with E-state index in [1.54, 1.807) is 54.4 Å². The van der Waals surface area contributed by atoms with E-state index in [-0.39, 0.29) is 36.8 Å². The van der Waals surface area contributed by atoms with Crippen molar-refractivity contribution >= 4 is 35.1 Å². The Bertz CT molecular complexity index is 1230. The lowest BCUT2D eigenvalue weighted by Gasteiger charge is -2.36. The minimum absolute atomic E-state index is 0.0944. The Morgan fingerprint density at radius 1 is 1.06 bits per heavy atom. The van der Waals surface area contributed by atoms with Gasteiger partial charge in [0.2, 0.25) is 5.91 Å². The Morgan fingerprint density at radius 3 is 2.46 bits per heavy atom. The van der Waals surface area contributed by atoms with Gasteiger partial charge >= 0.3 is 6.03 Å². The topological polar surface area (TPSA) is 76.2 Å². The van der Waals surface area contributed by atoms with Crippen LogP contribution in [0.25, 0.3) is 0 Å². The maximum absolute atomic E-state index is 14.1. The van der Waals surface area contributed by atoms with Gasteiger partial charge in [-0.15, -0.1) is 0 Å². The molecule has 2 aromatic rings. The highest BCUT2D eigenvalue weighted by atomic mass is 35.5. The third-order valence-electron chi connectivity index (χ3n) is 6.80. The number of hydrogen-bond acceptors (Lipinski definition) is 4. The number of hydrogen-bond donors (Lipinski definition) is 1. The number of urea groups is 1. The van der Waals surface area contributed by atoms with Crippen molar-refractivity contribution < 1.29 is 18.8 Å². The highest BCUT2D eigenvalue weighted by Crippen LogP contribution is 2.38. The zero-order valence-corrected chi connectivity index (χ0v) is 20.0. The molecule has 3 aliphatic rings. The number of benzene rings is 2. The molecule has 3 heterocycles. The minimum atomic E-state index is -0.681. The highest BCUT2D eigenvalue weighted by molar-refractivity contribution is 6.31. The molecule has 0 saturated carbocycles. The molecule has 1 saturated heterocycles. The number of para-hydroxylation sites is 1. The van der Waals surface area contributed by atoms with Crippen LogP contribution in [0.2, 0.25) is 5.02 Å². The summed E-state index contributed by atoms with van der Waals surface area (Å²) in [6, 6.07) is 12.6. The number of carbonyl (C=O) groups is 3. The molecule has 0 bridgehead atoms. The Kier molecular flexibility index (Phi) is 6.10. The van der Waals surface area contributed by atoms with Crippen LogP contribution in [0, 0.1) is 5.82 Å². The molecular formula is C25H25ClFN5O3. The molecule has 0 aliphatic carbocycles. The van der Waals surface area contributed by atoms with Gasteiger partial charge in [-0.25, -0.2) is 9.18 Å². The molecule has 10 heteroatoms. The summed E-state index contributed by atoms with van der Waals surface area (Å²) in [6.45, 7) is 1.95. The number of nitrogens with one attached hydrogen (secondary N) is 1. The molecular weight excluding hydrogens is 473 g/mol. The third kappa shape index (κ3) is 4.20. The maximum atomic E-state index is 14.1. The smallest absolute Gasteiger partial charge is 0.322 e. The predicted octanol–water partition coefficient (Wildman–Crippen LogP) is 2.62. The average Bonchev–Trinajstić information content (AvgIpc) is 3.18. The van der Waals surface area contributed by atoms with Gasteiger partial charge in [0, 0.05) is 38.2 Å². The van der Waals surface area contributed by atoms with Crippen LogP contribution in [0.5, 0.6) is 0 Å². The Hall–Kier alpha value is -3.59. The summed E-state index contributed by atoms with van der Waals surface area (Å²) in [7, 11) is 1.61. The normalized spacial score (nSPS) is 20.4. The van der Waals surface area contributed by atoms with Crippen molar-refractivity contribution in [2.45, 2.75) is 6.04 Å².